The first kappa shape index (κ1) is 14.8. The van der Waals surface area contributed by atoms with Gasteiger partial charge in [-0.25, -0.2) is 13.1 Å². The second-order valence-corrected chi connectivity index (χ2v) is 6.28. The lowest BCUT2D eigenvalue weighted by molar-refractivity contribution is -0.136. The van der Waals surface area contributed by atoms with E-state index >= 15 is 0 Å². The molecule has 0 fully saturated rings. The SMILES string of the molecule is O=C(O)CCNS(=O)(=O)c1cccc2cccc(Cl)c12. The molecule has 0 heterocycles. The normalized spacial score (nSPS) is 11.7. The van der Waals surface area contributed by atoms with Crippen LogP contribution >= 0.6 is 11.6 Å². The van der Waals surface area contributed by atoms with Crippen molar-refractivity contribution < 1.29 is 18.3 Å². The van der Waals surface area contributed by atoms with Crippen LogP contribution in [-0.4, -0.2) is 26.0 Å². The van der Waals surface area contributed by atoms with E-state index in [1.54, 1.807) is 30.3 Å². The zero-order chi connectivity index (χ0) is 14.8. The fourth-order valence-electron chi connectivity index (χ4n) is 1.86. The smallest absolute Gasteiger partial charge is 0.304 e. The molecule has 0 unspecified atom stereocenters. The number of sulfonamides is 1. The standard InChI is InChI=1S/C13H12ClNO4S/c14-10-5-1-3-9-4-2-6-11(13(9)10)20(18,19)15-8-7-12(16)17/h1-6,15H,7-8H2,(H,16,17). The van der Waals surface area contributed by atoms with Gasteiger partial charge in [-0.05, 0) is 17.5 Å². The van der Waals surface area contributed by atoms with Gasteiger partial charge >= 0.3 is 5.97 Å². The molecule has 2 aromatic rings. The molecule has 2 aromatic carbocycles. The van der Waals surface area contributed by atoms with Crippen molar-refractivity contribution in [1.82, 2.24) is 4.72 Å². The highest BCUT2D eigenvalue weighted by Crippen LogP contribution is 2.29. The summed E-state index contributed by atoms with van der Waals surface area (Å²) in [6.45, 7) is -0.168. The molecule has 0 spiro atoms. The van der Waals surface area contributed by atoms with Crippen LogP contribution in [0, 0.1) is 0 Å². The average molecular weight is 314 g/mol. The first-order valence-electron chi connectivity index (χ1n) is 5.80. The van der Waals surface area contributed by atoms with E-state index in [1.165, 1.54) is 6.07 Å². The predicted octanol–water partition coefficient (Wildman–Crippen LogP) is 2.25. The Morgan fingerprint density at radius 1 is 1.20 bits per heavy atom. The molecule has 106 valence electrons. The summed E-state index contributed by atoms with van der Waals surface area (Å²) in [5.41, 5.74) is 0. The zero-order valence-electron chi connectivity index (χ0n) is 10.3. The average Bonchev–Trinajstić information content (AvgIpc) is 2.37. The summed E-state index contributed by atoms with van der Waals surface area (Å²) in [6, 6.07) is 9.93. The number of aliphatic carboxylic acids is 1. The van der Waals surface area contributed by atoms with Gasteiger partial charge in [0.05, 0.1) is 11.3 Å². The van der Waals surface area contributed by atoms with Gasteiger partial charge in [0, 0.05) is 17.0 Å². The number of halogens is 1. The van der Waals surface area contributed by atoms with Gasteiger partial charge in [-0.3, -0.25) is 4.79 Å². The number of hydrogen-bond acceptors (Lipinski definition) is 3. The fourth-order valence-corrected chi connectivity index (χ4v) is 3.48. The Kier molecular flexibility index (Phi) is 4.27. The van der Waals surface area contributed by atoms with E-state index in [0.29, 0.717) is 15.8 Å². The lowest BCUT2D eigenvalue weighted by atomic mass is 10.1. The summed E-state index contributed by atoms with van der Waals surface area (Å²) in [5, 5.41) is 10.0. The number of rotatable bonds is 5. The van der Waals surface area contributed by atoms with Crippen LogP contribution in [0.15, 0.2) is 41.3 Å². The van der Waals surface area contributed by atoms with Gasteiger partial charge in [0.2, 0.25) is 10.0 Å². The summed E-state index contributed by atoms with van der Waals surface area (Å²) in [7, 11) is -3.80. The monoisotopic (exact) mass is 313 g/mol. The molecule has 0 atom stereocenters. The van der Waals surface area contributed by atoms with Gasteiger partial charge in [-0.2, -0.15) is 0 Å². The topological polar surface area (TPSA) is 83.5 Å². The van der Waals surface area contributed by atoms with Crippen LogP contribution in [-0.2, 0) is 14.8 Å². The number of carboxylic acids is 1. The third-order valence-corrected chi connectivity index (χ3v) is 4.55. The van der Waals surface area contributed by atoms with Crippen LogP contribution in [0.2, 0.25) is 5.02 Å². The van der Waals surface area contributed by atoms with E-state index in [4.69, 9.17) is 16.7 Å². The Bertz CT molecular complexity index is 753. The third-order valence-electron chi connectivity index (χ3n) is 2.74. The van der Waals surface area contributed by atoms with Crippen LogP contribution in [0.3, 0.4) is 0 Å². The minimum atomic E-state index is -3.80. The second kappa shape index (κ2) is 5.78. The number of nitrogens with one attached hydrogen (secondary N) is 1. The molecule has 2 N–H and O–H groups in total. The van der Waals surface area contributed by atoms with Gasteiger partial charge in [-0.15, -0.1) is 0 Å². The molecule has 0 saturated heterocycles. The number of hydrogen-bond donors (Lipinski definition) is 2. The largest absolute Gasteiger partial charge is 0.481 e. The maximum Gasteiger partial charge on any atom is 0.304 e. The molecule has 0 amide bonds. The molecule has 20 heavy (non-hydrogen) atoms. The van der Waals surface area contributed by atoms with Crippen molar-refractivity contribution in [1.29, 1.82) is 0 Å². The van der Waals surface area contributed by atoms with Crippen LogP contribution in [0.5, 0.6) is 0 Å². The maximum atomic E-state index is 12.2. The number of carboxylic acid groups (broad SMARTS) is 1. The van der Waals surface area contributed by atoms with E-state index < -0.39 is 16.0 Å². The second-order valence-electron chi connectivity index (χ2n) is 4.14. The van der Waals surface area contributed by atoms with Crippen molar-refractivity contribution in [3.63, 3.8) is 0 Å². The lowest BCUT2D eigenvalue weighted by Crippen LogP contribution is -2.26. The Morgan fingerprint density at radius 2 is 1.85 bits per heavy atom. The highest BCUT2D eigenvalue weighted by molar-refractivity contribution is 7.89. The van der Waals surface area contributed by atoms with Gasteiger partial charge in [-0.1, -0.05) is 35.9 Å². The van der Waals surface area contributed by atoms with Crippen molar-refractivity contribution in [3.05, 3.63) is 41.4 Å². The van der Waals surface area contributed by atoms with Crippen LogP contribution < -0.4 is 4.72 Å². The molecule has 0 aromatic heterocycles. The first-order chi connectivity index (χ1) is 9.42. The van der Waals surface area contributed by atoms with Crippen molar-refractivity contribution >= 4 is 38.4 Å². The van der Waals surface area contributed by atoms with E-state index in [9.17, 15) is 13.2 Å². The van der Waals surface area contributed by atoms with Crippen molar-refractivity contribution in [3.8, 4) is 0 Å². The van der Waals surface area contributed by atoms with Crippen LogP contribution in [0.4, 0.5) is 0 Å². The minimum Gasteiger partial charge on any atom is -0.481 e. The Morgan fingerprint density at radius 3 is 2.50 bits per heavy atom. The highest BCUT2D eigenvalue weighted by atomic mass is 35.5. The highest BCUT2D eigenvalue weighted by Gasteiger charge is 2.18. The Hall–Kier alpha value is -1.63. The number of benzene rings is 2. The summed E-state index contributed by atoms with van der Waals surface area (Å²) < 4.78 is 26.7. The van der Waals surface area contributed by atoms with Gasteiger partial charge in [0.1, 0.15) is 0 Å². The summed E-state index contributed by atoms with van der Waals surface area (Å²) in [6.07, 6.45) is -0.280. The molecule has 0 aliphatic heterocycles. The Labute approximate surface area is 121 Å². The number of fused-ring (bicyclic) bond motifs is 1. The minimum absolute atomic E-state index is 0.0472. The summed E-state index contributed by atoms with van der Waals surface area (Å²) in [4.78, 5) is 10.5. The van der Waals surface area contributed by atoms with Gasteiger partial charge < -0.3 is 5.11 Å². The van der Waals surface area contributed by atoms with Gasteiger partial charge in [0.25, 0.3) is 0 Å². The Balaban J connectivity index is 2.44. The first-order valence-corrected chi connectivity index (χ1v) is 7.66. The van der Waals surface area contributed by atoms with Crippen LogP contribution in [0.25, 0.3) is 10.8 Å². The van der Waals surface area contributed by atoms with Crippen molar-refractivity contribution in [2.45, 2.75) is 11.3 Å². The quantitative estimate of drug-likeness (QED) is 0.886. The predicted molar refractivity (Wildman–Crippen MR) is 76.4 cm³/mol. The lowest BCUT2D eigenvalue weighted by Gasteiger charge is -2.10. The zero-order valence-corrected chi connectivity index (χ0v) is 11.9. The molecular formula is C13H12ClNO4S. The van der Waals surface area contributed by atoms with Crippen LogP contribution in [0.1, 0.15) is 6.42 Å². The van der Waals surface area contributed by atoms with Crippen molar-refractivity contribution in [2.24, 2.45) is 0 Å². The summed E-state index contributed by atoms with van der Waals surface area (Å²) >= 11 is 6.07. The van der Waals surface area contributed by atoms with E-state index in [2.05, 4.69) is 4.72 Å². The third kappa shape index (κ3) is 3.09. The molecule has 0 aliphatic rings. The molecule has 2 rings (SSSR count). The molecule has 0 radical (unpaired) electrons. The molecule has 0 saturated carbocycles. The van der Waals surface area contributed by atoms with Crippen molar-refractivity contribution in [2.75, 3.05) is 6.54 Å². The van der Waals surface area contributed by atoms with E-state index in [-0.39, 0.29) is 17.9 Å². The maximum absolute atomic E-state index is 12.2. The summed E-state index contributed by atoms with van der Waals surface area (Å²) in [5.74, 6) is -1.07. The molecule has 7 heteroatoms. The van der Waals surface area contributed by atoms with Gasteiger partial charge in [0.15, 0.2) is 0 Å². The fraction of sp³-hybridized carbons (Fsp3) is 0.154. The molecule has 0 aliphatic carbocycles. The molecule has 5 nitrogen and oxygen atoms in total. The van der Waals surface area contributed by atoms with E-state index in [0.717, 1.165) is 0 Å². The number of carbonyl (C=O) groups is 1. The molecular weight excluding hydrogens is 302 g/mol. The molecule has 0 bridgehead atoms. The van der Waals surface area contributed by atoms with E-state index in [1.807, 2.05) is 0 Å².